The normalized spacial score (nSPS) is 18.9. The number of hydrogen-bond acceptors (Lipinski definition) is 5. The number of anilines is 1. The van der Waals surface area contributed by atoms with E-state index in [-0.39, 0.29) is 17.2 Å². The summed E-state index contributed by atoms with van der Waals surface area (Å²) in [6, 6.07) is 9.03. The minimum absolute atomic E-state index is 0.00191. The lowest BCUT2D eigenvalue weighted by Gasteiger charge is -2.38. The van der Waals surface area contributed by atoms with Gasteiger partial charge in [0.15, 0.2) is 6.10 Å². The molecule has 154 valence electrons. The minimum atomic E-state index is -0.605. The van der Waals surface area contributed by atoms with Crippen LogP contribution in [-0.2, 0) is 25.4 Å². The van der Waals surface area contributed by atoms with E-state index in [2.05, 4.69) is 0 Å². The van der Waals surface area contributed by atoms with Crippen LogP contribution in [-0.4, -0.2) is 45.7 Å². The topological polar surface area (TPSA) is 76.8 Å². The predicted octanol–water partition coefficient (Wildman–Crippen LogP) is 0.864. The fourth-order valence-corrected chi connectivity index (χ4v) is 4.03. The molecular formula is C21H26N4O4. The number of aromatic nitrogens is 2. The first-order chi connectivity index (χ1) is 14.0. The van der Waals surface area contributed by atoms with E-state index in [0.29, 0.717) is 24.5 Å². The van der Waals surface area contributed by atoms with Crippen LogP contribution in [0.2, 0.25) is 0 Å². The second-order valence-corrected chi connectivity index (χ2v) is 7.72. The molecule has 0 saturated carbocycles. The first-order valence-corrected chi connectivity index (χ1v) is 10.0. The zero-order valence-corrected chi connectivity index (χ0v) is 16.8. The van der Waals surface area contributed by atoms with Crippen molar-refractivity contribution in [3.8, 4) is 5.75 Å². The van der Waals surface area contributed by atoms with Gasteiger partial charge in [-0.2, -0.15) is 0 Å². The molecule has 1 saturated heterocycles. The van der Waals surface area contributed by atoms with Gasteiger partial charge in [-0.15, -0.1) is 0 Å². The summed E-state index contributed by atoms with van der Waals surface area (Å²) in [6.07, 6.45) is 2.59. The molecule has 0 radical (unpaired) electrons. The molecule has 29 heavy (non-hydrogen) atoms. The van der Waals surface area contributed by atoms with Crippen LogP contribution < -0.4 is 20.9 Å². The monoisotopic (exact) mass is 398 g/mol. The van der Waals surface area contributed by atoms with Crippen LogP contribution in [0.15, 0.2) is 39.9 Å². The van der Waals surface area contributed by atoms with Gasteiger partial charge in [-0.1, -0.05) is 12.1 Å². The van der Waals surface area contributed by atoms with E-state index in [1.54, 1.807) is 7.05 Å². The van der Waals surface area contributed by atoms with Gasteiger partial charge < -0.3 is 14.5 Å². The Balaban J connectivity index is 1.64. The van der Waals surface area contributed by atoms with Crippen LogP contribution in [0.1, 0.15) is 25.0 Å². The molecule has 2 aromatic rings. The van der Waals surface area contributed by atoms with E-state index >= 15 is 0 Å². The molecule has 3 heterocycles. The van der Waals surface area contributed by atoms with Crippen molar-refractivity contribution in [2.45, 2.75) is 31.9 Å². The number of hydrogen-bond donors (Lipinski definition) is 0. The summed E-state index contributed by atoms with van der Waals surface area (Å²) < 4.78 is 8.60. The largest absolute Gasteiger partial charge is 0.477 e. The zero-order chi connectivity index (χ0) is 20.5. The van der Waals surface area contributed by atoms with Crippen molar-refractivity contribution in [2.75, 3.05) is 24.5 Å². The van der Waals surface area contributed by atoms with Crippen LogP contribution in [0.4, 0.5) is 5.69 Å². The highest BCUT2D eigenvalue weighted by atomic mass is 16.5. The Hall–Kier alpha value is -3.03. The summed E-state index contributed by atoms with van der Waals surface area (Å²) in [5, 5.41) is 0. The van der Waals surface area contributed by atoms with Gasteiger partial charge in [0.2, 0.25) is 0 Å². The fraction of sp³-hybridized carbons (Fsp3) is 0.476. The van der Waals surface area contributed by atoms with Crippen LogP contribution in [0, 0.1) is 0 Å². The average Bonchev–Trinajstić information content (AvgIpc) is 2.76. The van der Waals surface area contributed by atoms with Crippen molar-refractivity contribution in [2.24, 2.45) is 14.1 Å². The van der Waals surface area contributed by atoms with E-state index in [4.69, 9.17) is 4.74 Å². The van der Waals surface area contributed by atoms with Gasteiger partial charge >= 0.3 is 5.69 Å². The maximum absolute atomic E-state index is 13.0. The second kappa shape index (κ2) is 7.77. The van der Waals surface area contributed by atoms with Crippen LogP contribution in [0.3, 0.4) is 0 Å². The standard InChI is InChI=1S/C21H26N4O4/c1-22-15(12-19(26)23(2)21(22)28)13-25-14-18(20(27)24-10-6-3-7-11-24)29-17-9-5-4-8-16(17)25/h4-5,8-9,12,18H,3,6-7,10-11,13-14H2,1-2H3/t18-/m1/s1. The van der Waals surface area contributed by atoms with Gasteiger partial charge in [-0.3, -0.25) is 18.7 Å². The number of amides is 1. The van der Waals surface area contributed by atoms with Crippen molar-refractivity contribution in [1.29, 1.82) is 0 Å². The quantitative estimate of drug-likeness (QED) is 0.767. The van der Waals surface area contributed by atoms with Crippen molar-refractivity contribution in [3.05, 3.63) is 56.9 Å². The lowest BCUT2D eigenvalue weighted by molar-refractivity contribution is -0.139. The number of benzene rings is 1. The summed E-state index contributed by atoms with van der Waals surface area (Å²) >= 11 is 0. The Morgan fingerprint density at radius 3 is 2.55 bits per heavy atom. The van der Waals surface area contributed by atoms with Crippen LogP contribution in [0.25, 0.3) is 0 Å². The molecule has 4 rings (SSSR count). The Morgan fingerprint density at radius 2 is 1.79 bits per heavy atom. The van der Waals surface area contributed by atoms with Gasteiger partial charge in [0.05, 0.1) is 18.8 Å². The average molecular weight is 398 g/mol. The molecule has 0 aliphatic carbocycles. The third-order valence-electron chi connectivity index (χ3n) is 5.78. The van der Waals surface area contributed by atoms with Gasteiger partial charge in [0.25, 0.3) is 11.5 Å². The van der Waals surface area contributed by atoms with Crippen molar-refractivity contribution < 1.29 is 9.53 Å². The van der Waals surface area contributed by atoms with Crippen LogP contribution >= 0.6 is 0 Å². The highest BCUT2D eigenvalue weighted by Crippen LogP contribution is 2.34. The number of ether oxygens (including phenoxy) is 1. The Labute approximate surface area is 168 Å². The first-order valence-electron chi connectivity index (χ1n) is 10.0. The minimum Gasteiger partial charge on any atom is -0.477 e. The molecule has 1 amide bonds. The third kappa shape index (κ3) is 3.66. The number of para-hydroxylation sites is 2. The number of carbonyl (C=O) groups is 1. The van der Waals surface area contributed by atoms with Gasteiger partial charge in [0, 0.05) is 38.9 Å². The molecule has 1 aromatic carbocycles. The molecule has 1 aromatic heterocycles. The molecule has 0 bridgehead atoms. The highest BCUT2D eigenvalue weighted by Gasteiger charge is 2.34. The van der Waals surface area contributed by atoms with E-state index in [9.17, 15) is 14.4 Å². The number of piperidine rings is 1. The lowest BCUT2D eigenvalue weighted by atomic mass is 10.1. The Kier molecular flexibility index (Phi) is 5.17. The number of nitrogens with zero attached hydrogens (tertiary/aromatic N) is 4. The molecule has 2 aliphatic rings. The fourth-order valence-electron chi connectivity index (χ4n) is 4.03. The SMILES string of the molecule is Cn1c(CN2C[C@H](C(=O)N3CCCCC3)Oc3ccccc32)cc(=O)n(C)c1=O. The van der Waals surface area contributed by atoms with Crippen molar-refractivity contribution in [3.63, 3.8) is 0 Å². The molecule has 0 spiro atoms. The Bertz CT molecular complexity index is 1040. The van der Waals surface area contributed by atoms with E-state index in [0.717, 1.165) is 42.6 Å². The first kappa shape index (κ1) is 19.3. The summed E-state index contributed by atoms with van der Waals surface area (Å²) in [7, 11) is 3.12. The van der Waals surface area contributed by atoms with E-state index in [1.165, 1.54) is 17.7 Å². The zero-order valence-electron chi connectivity index (χ0n) is 16.8. The van der Waals surface area contributed by atoms with Crippen LogP contribution in [0.5, 0.6) is 5.75 Å². The molecule has 8 nitrogen and oxygen atoms in total. The molecule has 8 heteroatoms. The molecule has 2 aliphatic heterocycles. The molecule has 1 atom stereocenters. The van der Waals surface area contributed by atoms with Crippen molar-refractivity contribution in [1.82, 2.24) is 14.0 Å². The number of likely N-dealkylation sites (tertiary alicyclic amines) is 1. The smallest absolute Gasteiger partial charge is 0.330 e. The maximum atomic E-state index is 13.0. The summed E-state index contributed by atoms with van der Waals surface area (Å²) in [4.78, 5) is 41.4. The lowest BCUT2D eigenvalue weighted by Crippen LogP contribution is -2.51. The van der Waals surface area contributed by atoms with Gasteiger partial charge in [-0.05, 0) is 31.4 Å². The second-order valence-electron chi connectivity index (χ2n) is 7.72. The molecule has 0 unspecified atom stereocenters. The number of carbonyl (C=O) groups excluding carboxylic acids is 1. The molecular weight excluding hydrogens is 372 g/mol. The third-order valence-corrected chi connectivity index (χ3v) is 5.78. The Morgan fingerprint density at radius 1 is 1.07 bits per heavy atom. The summed E-state index contributed by atoms with van der Waals surface area (Å²) in [5.74, 6) is 0.644. The predicted molar refractivity (Wildman–Crippen MR) is 109 cm³/mol. The summed E-state index contributed by atoms with van der Waals surface area (Å²) in [6.45, 7) is 2.24. The van der Waals surface area contributed by atoms with Gasteiger partial charge in [-0.25, -0.2) is 4.79 Å². The molecule has 1 fully saturated rings. The summed E-state index contributed by atoms with van der Waals surface area (Å²) in [5.41, 5.74) is 0.739. The van der Waals surface area contributed by atoms with E-state index < -0.39 is 6.10 Å². The van der Waals surface area contributed by atoms with E-state index in [1.807, 2.05) is 34.1 Å². The van der Waals surface area contributed by atoms with Gasteiger partial charge in [0.1, 0.15) is 5.75 Å². The number of rotatable bonds is 3. The highest BCUT2D eigenvalue weighted by molar-refractivity contribution is 5.83. The van der Waals surface area contributed by atoms with Crippen molar-refractivity contribution >= 4 is 11.6 Å². The molecule has 0 N–H and O–H groups in total. The number of fused-ring (bicyclic) bond motifs is 1. The maximum Gasteiger partial charge on any atom is 0.330 e.